The third-order valence-corrected chi connectivity index (χ3v) is 6.73. The Balaban J connectivity index is 0.000000541. The average Bonchev–Trinajstić information content (AvgIpc) is 2.85. The number of aryl methyl sites for hydroxylation is 1. The van der Waals surface area contributed by atoms with Gasteiger partial charge in [-0.15, -0.1) is 0 Å². The Morgan fingerprint density at radius 1 is 0.974 bits per heavy atom. The number of carbonyl (C=O) groups excluding carboxylic acids is 1. The predicted octanol–water partition coefficient (Wildman–Crippen LogP) is 9.44. The first-order valence-corrected chi connectivity index (χ1v) is 13.5. The lowest BCUT2D eigenvalue weighted by Gasteiger charge is -2.27. The van der Waals surface area contributed by atoms with E-state index >= 15 is 0 Å². The minimum Gasteiger partial charge on any atom is -0.508 e. The molecule has 0 fully saturated rings. The largest absolute Gasteiger partial charge is 0.508 e. The molecular formula is C34H48O5. The Kier molecular flexibility index (Phi) is 13.6. The van der Waals surface area contributed by atoms with Crippen LogP contribution in [0.1, 0.15) is 114 Å². The van der Waals surface area contributed by atoms with E-state index in [1.54, 1.807) is 25.1 Å². The maximum absolute atomic E-state index is 12.7. The third-order valence-electron chi connectivity index (χ3n) is 6.73. The number of aromatic hydroxyl groups is 3. The lowest BCUT2D eigenvalue weighted by molar-refractivity contribution is 0.0844. The fourth-order valence-electron chi connectivity index (χ4n) is 4.17. The first kappa shape index (κ1) is 33.6. The Bertz CT molecular complexity index is 1210. The summed E-state index contributed by atoms with van der Waals surface area (Å²) in [5.41, 5.74) is 5.91. The van der Waals surface area contributed by atoms with Crippen LogP contribution >= 0.6 is 0 Å². The van der Waals surface area contributed by atoms with E-state index in [4.69, 9.17) is 4.74 Å². The van der Waals surface area contributed by atoms with Crippen LogP contribution in [0.3, 0.4) is 0 Å². The molecule has 0 radical (unpaired) electrons. The number of fused-ring (bicyclic) bond motifs is 1. The zero-order chi connectivity index (χ0) is 28.4. The molecule has 1 atom stereocenters. The molecule has 3 rings (SSSR count). The van der Waals surface area contributed by atoms with Crippen LogP contribution in [0.5, 0.6) is 23.0 Å². The summed E-state index contributed by atoms with van der Waals surface area (Å²) in [6.07, 6.45) is 10.8. The van der Waals surface area contributed by atoms with Crippen LogP contribution in [0, 0.1) is 6.92 Å². The van der Waals surface area contributed by atoms with Gasteiger partial charge in [-0.25, -0.2) is 0 Å². The molecule has 0 bridgehead atoms. The number of rotatable bonds is 8. The number of benzene rings is 2. The van der Waals surface area contributed by atoms with Crippen molar-refractivity contribution in [2.24, 2.45) is 0 Å². The molecule has 0 aliphatic carbocycles. The van der Waals surface area contributed by atoms with Gasteiger partial charge in [-0.2, -0.15) is 0 Å². The van der Waals surface area contributed by atoms with E-state index in [1.165, 1.54) is 36.5 Å². The van der Waals surface area contributed by atoms with Crippen molar-refractivity contribution in [2.75, 3.05) is 0 Å². The second kappa shape index (κ2) is 15.8. The summed E-state index contributed by atoms with van der Waals surface area (Å²) in [7, 11) is 0. The molecule has 0 unspecified atom stereocenters. The standard InChI is InChI=1S/C22H24O5.C11H20.CH4/c1-4-12(2)5-8-15-17(24)10-20-21(22(15)26)18(25)11-19(27-20)14-7-6-13(3)16(23)9-14;1-5-7-11(4)9-6-8-10(2)3;/h5-7,9-10,19,23-24,26H,4,8,11H2,1-3H3;7-8H,5-6,9H2,1-4H3;1H4/b12-5+;11-7+;/t19-;;/m0../s1. The number of ketones is 1. The molecule has 0 aromatic heterocycles. The molecule has 5 heteroatoms. The molecular weight excluding hydrogens is 488 g/mol. The van der Waals surface area contributed by atoms with E-state index in [1.807, 2.05) is 19.9 Å². The van der Waals surface area contributed by atoms with Crippen LogP contribution in [0.2, 0.25) is 0 Å². The highest BCUT2D eigenvalue weighted by Crippen LogP contribution is 2.45. The second-order valence-corrected chi connectivity index (χ2v) is 10.3. The summed E-state index contributed by atoms with van der Waals surface area (Å²) in [5.74, 6) is -0.289. The third kappa shape index (κ3) is 9.65. The van der Waals surface area contributed by atoms with Gasteiger partial charge in [0, 0.05) is 11.6 Å². The highest BCUT2D eigenvalue weighted by atomic mass is 16.5. The first-order valence-electron chi connectivity index (χ1n) is 13.5. The van der Waals surface area contributed by atoms with Crippen molar-refractivity contribution < 1.29 is 24.9 Å². The number of Topliss-reactive ketones (excluding diaryl/α,β-unsaturated/α-hetero) is 1. The van der Waals surface area contributed by atoms with Gasteiger partial charge in [0.25, 0.3) is 0 Å². The van der Waals surface area contributed by atoms with Gasteiger partial charge in [0.1, 0.15) is 34.7 Å². The number of hydrogen-bond donors (Lipinski definition) is 3. The number of carbonyl (C=O) groups is 1. The monoisotopic (exact) mass is 536 g/mol. The Morgan fingerprint density at radius 2 is 1.67 bits per heavy atom. The molecule has 1 aliphatic heterocycles. The topological polar surface area (TPSA) is 87.0 Å². The van der Waals surface area contributed by atoms with Gasteiger partial charge in [-0.1, -0.05) is 68.4 Å². The molecule has 0 spiro atoms. The van der Waals surface area contributed by atoms with Crippen molar-refractivity contribution >= 4 is 5.78 Å². The zero-order valence-corrected chi connectivity index (χ0v) is 24.0. The fourth-order valence-corrected chi connectivity index (χ4v) is 4.17. The lowest BCUT2D eigenvalue weighted by Crippen LogP contribution is -2.21. The maximum Gasteiger partial charge on any atom is 0.174 e. The van der Waals surface area contributed by atoms with E-state index in [0.717, 1.165) is 17.6 Å². The van der Waals surface area contributed by atoms with E-state index in [-0.39, 0.29) is 48.2 Å². The van der Waals surface area contributed by atoms with Gasteiger partial charge < -0.3 is 20.1 Å². The Labute approximate surface area is 235 Å². The molecule has 214 valence electrons. The van der Waals surface area contributed by atoms with Gasteiger partial charge >= 0.3 is 0 Å². The van der Waals surface area contributed by atoms with E-state index in [0.29, 0.717) is 17.5 Å². The summed E-state index contributed by atoms with van der Waals surface area (Å²) in [4.78, 5) is 12.7. The number of allylic oxidation sites excluding steroid dienone is 6. The highest BCUT2D eigenvalue weighted by molar-refractivity contribution is 6.03. The van der Waals surface area contributed by atoms with Crippen LogP contribution in [-0.2, 0) is 6.42 Å². The number of phenols is 3. The summed E-state index contributed by atoms with van der Waals surface area (Å²) in [5, 5.41) is 30.8. The SMILES string of the molecule is C.CC/C(C)=C/Cc1c(O)cc2c(c1O)C(=O)C[C@@H](c1ccc(C)c(O)c1)O2.CC/C=C(\C)CCC=C(C)C. The van der Waals surface area contributed by atoms with Gasteiger partial charge in [0.2, 0.25) is 0 Å². The van der Waals surface area contributed by atoms with Crippen LogP contribution < -0.4 is 4.74 Å². The van der Waals surface area contributed by atoms with Gasteiger partial charge in [-0.3, -0.25) is 4.79 Å². The summed E-state index contributed by atoms with van der Waals surface area (Å²) in [6, 6.07) is 6.52. The van der Waals surface area contributed by atoms with E-state index in [9.17, 15) is 20.1 Å². The fraction of sp³-hybridized carbons (Fsp3) is 0.441. The van der Waals surface area contributed by atoms with E-state index in [2.05, 4.69) is 39.8 Å². The summed E-state index contributed by atoms with van der Waals surface area (Å²) in [6.45, 7) is 14.5. The van der Waals surface area contributed by atoms with E-state index < -0.39 is 6.10 Å². The first-order chi connectivity index (χ1) is 18.0. The Hall–Kier alpha value is -3.47. The van der Waals surface area contributed by atoms with Gasteiger partial charge in [0.05, 0.1) is 6.42 Å². The molecule has 0 amide bonds. The summed E-state index contributed by atoms with van der Waals surface area (Å²) >= 11 is 0. The van der Waals surface area contributed by atoms with Crippen molar-refractivity contribution in [3.63, 3.8) is 0 Å². The van der Waals surface area contributed by atoms with Crippen LogP contribution in [0.25, 0.3) is 0 Å². The van der Waals surface area contributed by atoms with Gasteiger partial charge in [-0.05, 0) is 83.9 Å². The lowest BCUT2D eigenvalue weighted by atomic mass is 9.92. The van der Waals surface area contributed by atoms with Gasteiger partial charge in [0.15, 0.2) is 5.78 Å². The van der Waals surface area contributed by atoms with Crippen LogP contribution in [0.4, 0.5) is 0 Å². The van der Waals surface area contributed by atoms with Crippen molar-refractivity contribution in [3.05, 3.63) is 81.5 Å². The molecule has 1 heterocycles. The number of phenolic OH excluding ortho intramolecular Hbond substituents is 3. The molecule has 39 heavy (non-hydrogen) atoms. The maximum atomic E-state index is 12.7. The predicted molar refractivity (Wildman–Crippen MR) is 162 cm³/mol. The number of ether oxygens (including phenoxy) is 1. The molecule has 1 aliphatic rings. The molecule has 5 nitrogen and oxygen atoms in total. The average molecular weight is 537 g/mol. The smallest absolute Gasteiger partial charge is 0.174 e. The molecule has 3 N–H and O–H groups in total. The minimum absolute atomic E-state index is 0. The normalized spacial score (nSPS) is 14.8. The zero-order valence-electron chi connectivity index (χ0n) is 24.0. The van der Waals surface area contributed by atoms with Crippen molar-refractivity contribution in [3.8, 4) is 23.0 Å². The van der Waals surface area contributed by atoms with Crippen LogP contribution in [-0.4, -0.2) is 21.1 Å². The number of hydrogen-bond acceptors (Lipinski definition) is 5. The molecule has 2 aromatic rings. The second-order valence-electron chi connectivity index (χ2n) is 10.3. The molecule has 0 saturated heterocycles. The highest BCUT2D eigenvalue weighted by Gasteiger charge is 2.32. The summed E-state index contributed by atoms with van der Waals surface area (Å²) < 4.78 is 5.88. The molecule has 2 aromatic carbocycles. The van der Waals surface area contributed by atoms with Crippen molar-refractivity contribution in [2.45, 2.75) is 101 Å². The van der Waals surface area contributed by atoms with Crippen molar-refractivity contribution in [1.82, 2.24) is 0 Å². The molecule has 0 saturated carbocycles. The quantitative estimate of drug-likeness (QED) is 0.292. The van der Waals surface area contributed by atoms with Crippen molar-refractivity contribution in [1.29, 1.82) is 0 Å². The van der Waals surface area contributed by atoms with Crippen LogP contribution in [0.15, 0.2) is 59.2 Å². The Morgan fingerprint density at radius 3 is 2.26 bits per heavy atom. The minimum atomic E-state index is -0.580.